The number of urea groups is 1. The molecule has 0 saturated carbocycles. The van der Waals surface area contributed by atoms with E-state index in [1.807, 2.05) is 36.4 Å². The van der Waals surface area contributed by atoms with Crippen LogP contribution in [0.15, 0.2) is 78.9 Å². The fourth-order valence-electron chi connectivity index (χ4n) is 4.32. The molecule has 0 aromatic heterocycles. The Labute approximate surface area is 196 Å². The molecule has 0 bridgehead atoms. The van der Waals surface area contributed by atoms with E-state index in [1.54, 1.807) is 48.5 Å². The van der Waals surface area contributed by atoms with Gasteiger partial charge in [0.2, 0.25) is 0 Å². The quantitative estimate of drug-likeness (QED) is 0.650. The van der Waals surface area contributed by atoms with Gasteiger partial charge in [-0.25, -0.2) is 9.69 Å². The molecule has 2 atom stereocenters. The highest BCUT2D eigenvalue weighted by atomic mass is 16.5. The first kappa shape index (κ1) is 21.2. The van der Waals surface area contributed by atoms with Gasteiger partial charge in [0.25, 0.3) is 11.8 Å². The van der Waals surface area contributed by atoms with Gasteiger partial charge in [-0.1, -0.05) is 18.2 Å². The van der Waals surface area contributed by atoms with E-state index in [4.69, 9.17) is 10.00 Å². The summed E-state index contributed by atoms with van der Waals surface area (Å²) in [7, 11) is 0. The van der Waals surface area contributed by atoms with Crippen molar-refractivity contribution in [3.63, 3.8) is 0 Å². The third kappa shape index (κ3) is 3.84. The number of nitrogens with zero attached hydrogens (tertiary/aromatic N) is 3. The lowest BCUT2D eigenvalue weighted by molar-refractivity contribution is -0.122. The molecule has 34 heavy (non-hydrogen) atoms. The number of hydrogen-bond donors (Lipinski definition) is 1. The number of carbonyl (C=O) groups is 3. The summed E-state index contributed by atoms with van der Waals surface area (Å²) < 4.78 is 5.78. The van der Waals surface area contributed by atoms with E-state index in [9.17, 15) is 14.4 Å². The van der Waals surface area contributed by atoms with Crippen molar-refractivity contribution in [2.24, 2.45) is 0 Å². The molecular weight excluding hydrogens is 432 g/mol. The number of nitrogens with one attached hydrogen (secondary N) is 1. The lowest BCUT2D eigenvalue weighted by Crippen LogP contribution is -2.65. The largest absolute Gasteiger partial charge is 0.457 e. The van der Waals surface area contributed by atoms with Crippen molar-refractivity contribution in [1.29, 1.82) is 5.26 Å². The topological polar surface area (TPSA) is 103 Å². The first-order valence-corrected chi connectivity index (χ1v) is 10.8. The van der Waals surface area contributed by atoms with Crippen LogP contribution in [-0.2, 0) is 4.79 Å². The zero-order valence-electron chi connectivity index (χ0n) is 18.0. The van der Waals surface area contributed by atoms with Crippen molar-refractivity contribution < 1.29 is 19.1 Å². The van der Waals surface area contributed by atoms with Crippen molar-refractivity contribution >= 4 is 23.5 Å². The van der Waals surface area contributed by atoms with E-state index in [0.29, 0.717) is 41.3 Å². The van der Waals surface area contributed by atoms with Gasteiger partial charge in [0, 0.05) is 12.1 Å². The maximum absolute atomic E-state index is 13.4. The molecule has 2 heterocycles. The maximum Gasteiger partial charge on any atom is 0.329 e. The van der Waals surface area contributed by atoms with Crippen LogP contribution in [0.4, 0.5) is 10.5 Å². The number of likely N-dealkylation sites (tertiary alicyclic amines) is 1. The van der Waals surface area contributed by atoms with Gasteiger partial charge in [0.05, 0.1) is 23.4 Å². The van der Waals surface area contributed by atoms with Crippen LogP contribution in [0, 0.1) is 11.3 Å². The minimum absolute atomic E-state index is 0.312. The van der Waals surface area contributed by atoms with Crippen LogP contribution >= 0.6 is 0 Å². The van der Waals surface area contributed by atoms with Crippen LogP contribution in [0.3, 0.4) is 0 Å². The Balaban J connectivity index is 1.36. The zero-order chi connectivity index (χ0) is 23.7. The van der Waals surface area contributed by atoms with E-state index in [1.165, 1.54) is 4.90 Å². The molecule has 0 spiro atoms. The second-order valence-electron chi connectivity index (χ2n) is 8.06. The van der Waals surface area contributed by atoms with Crippen LogP contribution in [0.2, 0.25) is 0 Å². The molecule has 8 heteroatoms. The molecule has 8 nitrogen and oxygen atoms in total. The zero-order valence-corrected chi connectivity index (χ0v) is 18.0. The predicted octanol–water partition coefficient (Wildman–Crippen LogP) is 3.69. The van der Waals surface area contributed by atoms with Crippen molar-refractivity contribution in [2.75, 3.05) is 11.4 Å². The molecule has 2 unspecified atom stereocenters. The van der Waals surface area contributed by atoms with Gasteiger partial charge in [-0.2, -0.15) is 5.26 Å². The molecule has 2 saturated heterocycles. The molecule has 0 radical (unpaired) electrons. The fraction of sp³-hybridized carbons (Fsp3) is 0.154. The summed E-state index contributed by atoms with van der Waals surface area (Å²) in [5, 5.41) is 11.8. The average molecular weight is 452 g/mol. The second kappa shape index (κ2) is 8.71. The highest BCUT2D eigenvalue weighted by molar-refractivity contribution is 6.19. The van der Waals surface area contributed by atoms with Crippen LogP contribution in [0.5, 0.6) is 11.5 Å². The predicted molar refractivity (Wildman–Crippen MR) is 123 cm³/mol. The van der Waals surface area contributed by atoms with Crippen LogP contribution in [0.25, 0.3) is 0 Å². The maximum atomic E-state index is 13.4. The summed E-state index contributed by atoms with van der Waals surface area (Å²) in [5.74, 6) is 0.474. The summed E-state index contributed by atoms with van der Waals surface area (Å²) in [6, 6.07) is 22.4. The Morgan fingerprint density at radius 3 is 2.29 bits per heavy atom. The molecule has 3 aromatic carbocycles. The normalized spacial score (nSPS) is 19.3. The first-order chi connectivity index (χ1) is 16.5. The van der Waals surface area contributed by atoms with Crippen molar-refractivity contribution in [3.8, 4) is 17.6 Å². The number of ether oxygens (including phenoxy) is 1. The van der Waals surface area contributed by atoms with E-state index >= 15 is 0 Å². The van der Waals surface area contributed by atoms with Gasteiger partial charge in [0.15, 0.2) is 0 Å². The monoisotopic (exact) mass is 452 g/mol. The van der Waals surface area contributed by atoms with E-state index in [0.717, 1.165) is 4.90 Å². The number of rotatable bonds is 4. The molecule has 168 valence electrons. The molecule has 2 aliphatic rings. The Morgan fingerprint density at radius 2 is 1.62 bits per heavy atom. The van der Waals surface area contributed by atoms with Crippen LogP contribution < -0.4 is 15.0 Å². The highest BCUT2D eigenvalue weighted by Crippen LogP contribution is 2.30. The number of carbonyl (C=O) groups excluding carboxylic acids is 3. The lowest BCUT2D eigenvalue weighted by Gasteiger charge is -2.36. The second-order valence-corrected chi connectivity index (χ2v) is 8.06. The van der Waals surface area contributed by atoms with Crippen LogP contribution in [0.1, 0.15) is 22.3 Å². The summed E-state index contributed by atoms with van der Waals surface area (Å²) >= 11 is 0. The summed E-state index contributed by atoms with van der Waals surface area (Å²) in [6.45, 7) is 0.345. The van der Waals surface area contributed by atoms with Gasteiger partial charge in [-0.05, 0) is 67.1 Å². The summed E-state index contributed by atoms with van der Waals surface area (Å²) in [6.07, 6.45) is 0.488. The number of anilines is 1. The third-order valence-corrected chi connectivity index (χ3v) is 5.98. The number of amides is 4. The number of para-hydroxylation sites is 1. The smallest absolute Gasteiger partial charge is 0.329 e. The third-order valence-electron chi connectivity index (χ3n) is 5.98. The Hall–Kier alpha value is -4.64. The first-order valence-electron chi connectivity index (χ1n) is 10.8. The molecule has 0 aliphatic carbocycles. The van der Waals surface area contributed by atoms with Crippen molar-refractivity contribution in [1.82, 2.24) is 10.2 Å². The van der Waals surface area contributed by atoms with E-state index in [2.05, 4.69) is 5.32 Å². The number of fused-ring (bicyclic) bond motifs is 1. The molecule has 5 rings (SSSR count). The van der Waals surface area contributed by atoms with E-state index < -0.39 is 24.0 Å². The van der Waals surface area contributed by atoms with Crippen LogP contribution in [-0.4, -0.2) is 41.4 Å². The molecule has 3 aromatic rings. The minimum atomic E-state index is -0.805. The van der Waals surface area contributed by atoms with Crippen molar-refractivity contribution in [2.45, 2.75) is 18.5 Å². The Bertz CT molecular complexity index is 1280. The fourth-order valence-corrected chi connectivity index (χ4v) is 4.32. The number of benzene rings is 3. The molecule has 4 amide bonds. The van der Waals surface area contributed by atoms with Gasteiger partial charge in [-0.3, -0.25) is 9.59 Å². The highest BCUT2D eigenvalue weighted by Gasteiger charge is 2.50. The van der Waals surface area contributed by atoms with Gasteiger partial charge in [0.1, 0.15) is 17.5 Å². The number of hydrogen-bond acceptors (Lipinski definition) is 5. The Morgan fingerprint density at radius 1 is 0.941 bits per heavy atom. The average Bonchev–Trinajstić information content (AvgIpc) is 3.29. The molecular formula is C26H20N4O4. The number of imide groups is 1. The lowest BCUT2D eigenvalue weighted by atomic mass is 10.0. The standard InChI is InChI=1S/C26H20N4O4/c27-16-17-6-8-18(9-7-17)24(31)29-15-14-22-23(29)25(32)30(26(33)28-22)19-10-12-21(13-11-19)34-20-4-2-1-3-5-20/h1-13,22-23H,14-15H2,(H,28,33). The molecule has 2 aliphatic heterocycles. The van der Waals surface area contributed by atoms with Gasteiger partial charge < -0.3 is 15.0 Å². The molecule has 1 N–H and O–H groups in total. The number of nitriles is 1. The SMILES string of the molecule is N#Cc1ccc(C(=O)N2CCC3NC(=O)N(c4ccc(Oc5ccccc5)cc4)C(=O)C32)cc1. The van der Waals surface area contributed by atoms with Crippen molar-refractivity contribution in [3.05, 3.63) is 90.0 Å². The molecule has 2 fully saturated rings. The Kier molecular flexibility index (Phi) is 5.44. The van der Waals surface area contributed by atoms with E-state index in [-0.39, 0.29) is 5.91 Å². The van der Waals surface area contributed by atoms with Gasteiger partial charge in [-0.15, -0.1) is 0 Å². The van der Waals surface area contributed by atoms with Gasteiger partial charge >= 0.3 is 6.03 Å². The minimum Gasteiger partial charge on any atom is -0.457 e. The summed E-state index contributed by atoms with van der Waals surface area (Å²) in [4.78, 5) is 41.9. The summed E-state index contributed by atoms with van der Waals surface area (Å²) in [5.41, 5.74) is 1.22.